The van der Waals surface area contributed by atoms with Gasteiger partial charge in [-0.25, -0.2) is 4.98 Å². The van der Waals surface area contributed by atoms with E-state index in [2.05, 4.69) is 10.1 Å². The number of benzene rings is 1. The Morgan fingerprint density at radius 3 is 2.53 bits per heavy atom. The highest BCUT2D eigenvalue weighted by Gasteiger charge is 2.31. The molecule has 32 heavy (non-hydrogen) atoms. The molecule has 0 saturated carbocycles. The molecular weight excluding hydrogens is 449 g/mol. The third kappa shape index (κ3) is 4.36. The van der Waals surface area contributed by atoms with E-state index in [0.717, 1.165) is 22.4 Å². The van der Waals surface area contributed by atoms with Gasteiger partial charge in [-0.05, 0) is 36.8 Å². The summed E-state index contributed by atoms with van der Waals surface area (Å²) in [6.45, 7) is 3.82. The summed E-state index contributed by atoms with van der Waals surface area (Å²) >= 11 is 6.34. The smallest absolute Gasteiger partial charge is 0.417 e. The number of hydrogen-bond donors (Lipinski definition) is 0. The maximum Gasteiger partial charge on any atom is 0.417 e. The molecule has 0 amide bonds. The highest BCUT2D eigenvalue weighted by Crippen LogP contribution is 2.32. The molecular formula is C21H18ClF3N4O3. The van der Waals surface area contributed by atoms with Gasteiger partial charge in [-0.2, -0.15) is 23.0 Å². The Labute approximate surface area is 186 Å². The zero-order valence-electron chi connectivity index (χ0n) is 16.9. The number of halogens is 4. The Bertz CT molecular complexity index is 1180. The lowest BCUT2D eigenvalue weighted by Crippen LogP contribution is -2.29. The summed E-state index contributed by atoms with van der Waals surface area (Å²) in [5, 5.41) is 3.96. The van der Waals surface area contributed by atoms with Crippen LogP contribution in [0.25, 0.3) is 5.82 Å². The van der Waals surface area contributed by atoms with Crippen LogP contribution in [0.4, 0.5) is 18.9 Å². The standard InChI is InChI=1S/C21H18ClF3N4O3/c1-2-28(12-13-3-5-16-17(9-13)32-8-7-31-16)15-11-27-29(20(30)19(15)22)18-6-4-14(10-26-18)21(23,24)25/h3-6,9-11H,2,7-8,12H2,1H3. The first-order chi connectivity index (χ1) is 15.3. The van der Waals surface area contributed by atoms with E-state index in [4.69, 9.17) is 21.1 Å². The number of ether oxygens (including phenoxy) is 2. The molecule has 0 bridgehead atoms. The summed E-state index contributed by atoms with van der Waals surface area (Å²) < 4.78 is 50.3. The van der Waals surface area contributed by atoms with Crippen molar-refractivity contribution in [1.82, 2.24) is 14.8 Å². The number of anilines is 1. The van der Waals surface area contributed by atoms with Crippen LogP contribution >= 0.6 is 11.6 Å². The number of aromatic nitrogens is 3. The largest absolute Gasteiger partial charge is 0.486 e. The van der Waals surface area contributed by atoms with E-state index in [0.29, 0.717) is 49.7 Å². The molecule has 3 heterocycles. The molecule has 3 aromatic rings. The van der Waals surface area contributed by atoms with Crippen LogP contribution < -0.4 is 19.9 Å². The lowest BCUT2D eigenvalue weighted by molar-refractivity contribution is -0.137. The van der Waals surface area contributed by atoms with E-state index >= 15 is 0 Å². The zero-order valence-corrected chi connectivity index (χ0v) is 17.7. The van der Waals surface area contributed by atoms with Crippen LogP contribution in [0, 0.1) is 0 Å². The number of hydrogen-bond acceptors (Lipinski definition) is 6. The van der Waals surface area contributed by atoms with E-state index in [1.807, 2.05) is 30.0 Å². The highest BCUT2D eigenvalue weighted by molar-refractivity contribution is 6.33. The van der Waals surface area contributed by atoms with Gasteiger partial charge in [0.1, 0.15) is 18.2 Å². The molecule has 0 spiro atoms. The third-order valence-electron chi connectivity index (χ3n) is 4.90. The second kappa shape index (κ2) is 8.70. The average molecular weight is 467 g/mol. The predicted octanol–water partition coefficient (Wildman–Crippen LogP) is 4.10. The summed E-state index contributed by atoms with van der Waals surface area (Å²) in [7, 11) is 0. The normalized spacial score (nSPS) is 13.2. The van der Waals surface area contributed by atoms with Gasteiger partial charge in [0.15, 0.2) is 17.3 Å². The van der Waals surface area contributed by atoms with Gasteiger partial charge in [-0.3, -0.25) is 4.79 Å². The van der Waals surface area contributed by atoms with Crippen molar-refractivity contribution in [3.05, 3.63) is 69.2 Å². The molecule has 0 atom stereocenters. The van der Waals surface area contributed by atoms with Crippen LogP contribution in [-0.4, -0.2) is 34.5 Å². The number of fused-ring (bicyclic) bond motifs is 1. The average Bonchev–Trinajstić information content (AvgIpc) is 2.79. The van der Waals surface area contributed by atoms with E-state index in [1.165, 1.54) is 6.20 Å². The minimum absolute atomic E-state index is 0.0636. The topological polar surface area (TPSA) is 69.5 Å². The van der Waals surface area contributed by atoms with Gasteiger partial charge >= 0.3 is 6.18 Å². The van der Waals surface area contributed by atoms with Crippen LogP contribution in [0.5, 0.6) is 11.5 Å². The monoisotopic (exact) mass is 466 g/mol. The van der Waals surface area contributed by atoms with Crippen LogP contribution in [0.2, 0.25) is 5.02 Å². The van der Waals surface area contributed by atoms with Crippen LogP contribution in [0.15, 0.2) is 47.5 Å². The highest BCUT2D eigenvalue weighted by atomic mass is 35.5. The van der Waals surface area contributed by atoms with Crippen LogP contribution in [0.3, 0.4) is 0 Å². The van der Waals surface area contributed by atoms with E-state index in [9.17, 15) is 18.0 Å². The van der Waals surface area contributed by atoms with Crippen molar-refractivity contribution in [2.45, 2.75) is 19.6 Å². The Balaban J connectivity index is 1.61. The summed E-state index contributed by atoms with van der Waals surface area (Å²) in [6.07, 6.45) is -2.49. The Kier molecular flexibility index (Phi) is 5.96. The van der Waals surface area contributed by atoms with Crippen molar-refractivity contribution >= 4 is 17.3 Å². The number of rotatable bonds is 5. The molecule has 1 aliphatic heterocycles. The molecule has 0 N–H and O–H groups in total. The molecule has 168 valence electrons. The molecule has 7 nitrogen and oxygen atoms in total. The van der Waals surface area contributed by atoms with Crippen LogP contribution in [0.1, 0.15) is 18.1 Å². The number of alkyl halides is 3. The fourth-order valence-electron chi connectivity index (χ4n) is 3.26. The Hall–Kier alpha value is -3.27. The van der Waals surface area contributed by atoms with Gasteiger partial charge in [0.25, 0.3) is 5.56 Å². The minimum atomic E-state index is -4.53. The van der Waals surface area contributed by atoms with Gasteiger partial charge in [-0.15, -0.1) is 0 Å². The number of nitrogens with zero attached hydrogens (tertiary/aromatic N) is 4. The predicted molar refractivity (Wildman–Crippen MR) is 112 cm³/mol. The van der Waals surface area contributed by atoms with Gasteiger partial charge in [0.05, 0.1) is 17.4 Å². The van der Waals surface area contributed by atoms with Crippen molar-refractivity contribution in [1.29, 1.82) is 0 Å². The summed E-state index contributed by atoms with van der Waals surface area (Å²) in [5.74, 6) is 1.26. The van der Waals surface area contributed by atoms with E-state index in [1.54, 1.807) is 0 Å². The molecule has 0 saturated heterocycles. The van der Waals surface area contributed by atoms with Gasteiger partial charge in [0, 0.05) is 19.3 Å². The molecule has 1 aliphatic rings. The molecule has 11 heteroatoms. The second-order valence-electron chi connectivity index (χ2n) is 6.96. The van der Waals surface area contributed by atoms with Crippen molar-refractivity contribution in [3.8, 4) is 17.3 Å². The Morgan fingerprint density at radius 1 is 1.12 bits per heavy atom. The summed E-state index contributed by atoms with van der Waals surface area (Å²) in [5.41, 5.74) is -0.288. The fraction of sp³-hybridized carbons (Fsp3) is 0.286. The van der Waals surface area contributed by atoms with E-state index < -0.39 is 17.3 Å². The molecule has 0 unspecified atom stereocenters. The van der Waals surface area contributed by atoms with Crippen molar-refractivity contribution in [2.24, 2.45) is 0 Å². The maximum atomic E-state index is 12.8. The van der Waals surface area contributed by atoms with Crippen LogP contribution in [-0.2, 0) is 12.7 Å². The second-order valence-corrected chi connectivity index (χ2v) is 7.33. The van der Waals surface area contributed by atoms with Crippen molar-refractivity contribution in [3.63, 3.8) is 0 Å². The van der Waals surface area contributed by atoms with Crippen molar-refractivity contribution < 1.29 is 22.6 Å². The van der Waals surface area contributed by atoms with Gasteiger partial charge in [0.2, 0.25) is 0 Å². The van der Waals surface area contributed by atoms with Gasteiger partial charge < -0.3 is 14.4 Å². The fourth-order valence-corrected chi connectivity index (χ4v) is 3.51. The molecule has 4 rings (SSSR count). The molecule has 0 aliphatic carbocycles. The molecule has 1 aromatic carbocycles. The summed E-state index contributed by atoms with van der Waals surface area (Å²) in [4.78, 5) is 18.3. The zero-order chi connectivity index (χ0) is 22.9. The molecule has 2 aromatic heterocycles. The lowest BCUT2D eigenvalue weighted by Gasteiger charge is -2.25. The SMILES string of the molecule is CCN(Cc1ccc2c(c1)OCCO2)c1cnn(-c2ccc(C(F)(F)F)cn2)c(=O)c1Cl. The molecule has 0 radical (unpaired) electrons. The first-order valence-corrected chi connectivity index (χ1v) is 10.1. The molecule has 0 fully saturated rings. The third-order valence-corrected chi connectivity index (χ3v) is 5.25. The van der Waals surface area contributed by atoms with E-state index in [-0.39, 0.29) is 10.8 Å². The van der Waals surface area contributed by atoms with Crippen molar-refractivity contribution in [2.75, 3.05) is 24.7 Å². The first kappa shape index (κ1) is 21.9. The lowest BCUT2D eigenvalue weighted by atomic mass is 10.1. The first-order valence-electron chi connectivity index (χ1n) is 9.73. The van der Waals surface area contributed by atoms with Gasteiger partial charge in [-0.1, -0.05) is 17.7 Å². The Morgan fingerprint density at radius 2 is 1.88 bits per heavy atom. The quantitative estimate of drug-likeness (QED) is 0.564. The number of pyridine rings is 1. The minimum Gasteiger partial charge on any atom is -0.486 e. The summed E-state index contributed by atoms with van der Waals surface area (Å²) in [6, 6.07) is 7.49. The maximum absolute atomic E-state index is 12.8.